The number of imidazole rings is 1. The van der Waals surface area contributed by atoms with Gasteiger partial charge in [0.15, 0.2) is 5.69 Å². The Morgan fingerprint density at radius 3 is 2.54 bits per heavy atom. The zero-order valence-electron chi connectivity index (χ0n) is 16.0. The van der Waals surface area contributed by atoms with Gasteiger partial charge in [-0.1, -0.05) is 44.9 Å². The highest BCUT2D eigenvalue weighted by molar-refractivity contribution is 6.18. The average Bonchev–Trinajstić information content (AvgIpc) is 3.34. The molecule has 2 saturated carbocycles. The van der Waals surface area contributed by atoms with E-state index in [4.69, 9.17) is 9.98 Å². The molecule has 6 heteroatoms. The van der Waals surface area contributed by atoms with Crippen molar-refractivity contribution in [3.63, 3.8) is 0 Å². The largest absolute Gasteiger partial charge is 0.317 e. The van der Waals surface area contributed by atoms with E-state index in [1.807, 2.05) is 7.05 Å². The second-order valence-electron chi connectivity index (χ2n) is 8.76. The maximum absolute atomic E-state index is 13.0. The molecule has 0 bridgehead atoms. The predicted octanol–water partition coefficient (Wildman–Crippen LogP) is 3.12. The summed E-state index contributed by atoms with van der Waals surface area (Å²) in [5, 5.41) is 0. The van der Waals surface area contributed by atoms with E-state index in [2.05, 4.69) is 16.5 Å². The van der Waals surface area contributed by atoms with E-state index in [0.717, 1.165) is 43.4 Å². The molecule has 4 aliphatic rings. The number of aromatic nitrogens is 2. The molecule has 6 nitrogen and oxygen atoms in total. The lowest BCUT2D eigenvalue weighted by Crippen LogP contribution is -2.49. The Morgan fingerprint density at radius 1 is 1.08 bits per heavy atom. The van der Waals surface area contributed by atoms with Crippen LogP contribution in [0.1, 0.15) is 74.1 Å². The Labute approximate surface area is 155 Å². The van der Waals surface area contributed by atoms with E-state index in [-0.39, 0.29) is 11.4 Å². The normalized spacial score (nSPS) is 25.0. The van der Waals surface area contributed by atoms with Gasteiger partial charge in [-0.3, -0.25) is 14.6 Å². The van der Waals surface area contributed by atoms with Crippen molar-refractivity contribution >= 4 is 17.7 Å². The smallest absolute Gasteiger partial charge is 0.282 e. The van der Waals surface area contributed by atoms with Crippen molar-refractivity contribution in [3.05, 3.63) is 11.5 Å². The van der Waals surface area contributed by atoms with E-state index in [9.17, 15) is 4.79 Å². The first-order chi connectivity index (χ1) is 12.6. The van der Waals surface area contributed by atoms with Gasteiger partial charge in [0.25, 0.3) is 5.91 Å². The third-order valence-electron chi connectivity index (χ3n) is 6.98. The van der Waals surface area contributed by atoms with Gasteiger partial charge in [-0.15, -0.1) is 0 Å². The van der Waals surface area contributed by atoms with Crippen LogP contribution in [0.4, 0.5) is 5.82 Å². The third kappa shape index (κ3) is 2.33. The van der Waals surface area contributed by atoms with Crippen LogP contribution in [0.3, 0.4) is 0 Å². The number of guanidine groups is 1. The highest BCUT2D eigenvalue weighted by atomic mass is 16.2. The van der Waals surface area contributed by atoms with Crippen LogP contribution < -0.4 is 4.90 Å². The number of amides is 1. The minimum absolute atomic E-state index is 0.00413. The molecule has 1 amide bonds. The van der Waals surface area contributed by atoms with Crippen molar-refractivity contribution in [2.45, 2.75) is 69.7 Å². The van der Waals surface area contributed by atoms with Crippen LogP contribution in [-0.4, -0.2) is 45.4 Å². The molecule has 26 heavy (non-hydrogen) atoms. The molecule has 0 aromatic carbocycles. The number of carbonyl (C=O) groups excluding carboxylic acids is 1. The summed E-state index contributed by atoms with van der Waals surface area (Å²) < 4.78 is 2.18. The topological polar surface area (TPSA) is 53.7 Å². The van der Waals surface area contributed by atoms with Gasteiger partial charge in [0, 0.05) is 20.5 Å². The predicted molar refractivity (Wildman–Crippen MR) is 102 cm³/mol. The fourth-order valence-corrected chi connectivity index (χ4v) is 5.47. The highest BCUT2D eigenvalue weighted by Gasteiger charge is 2.48. The fraction of sp³-hybridized carbons (Fsp3) is 0.750. The molecule has 1 aromatic heterocycles. The standard InChI is InChI=1S/C20H29N5O/c1-23-15(12-14-8-4-3-5-9-14)21-16-17(23)25-13-20(10-6-7-11-20)22-19(25)24(2)18(16)26/h14H,3-13H2,1-2H3. The Hall–Kier alpha value is -1.85. The number of hydrogen-bond acceptors (Lipinski definition) is 4. The van der Waals surface area contributed by atoms with Crippen LogP contribution >= 0.6 is 0 Å². The van der Waals surface area contributed by atoms with Gasteiger partial charge in [0.05, 0.1) is 12.1 Å². The Bertz CT molecular complexity index is 767. The van der Waals surface area contributed by atoms with Gasteiger partial charge < -0.3 is 4.57 Å². The summed E-state index contributed by atoms with van der Waals surface area (Å²) in [5.41, 5.74) is 0.633. The molecule has 5 rings (SSSR count). The van der Waals surface area contributed by atoms with E-state index in [1.165, 1.54) is 44.9 Å². The molecule has 0 radical (unpaired) electrons. The maximum Gasteiger partial charge on any atom is 0.282 e. The van der Waals surface area contributed by atoms with Crippen molar-refractivity contribution < 1.29 is 4.79 Å². The number of rotatable bonds is 2. The molecular weight excluding hydrogens is 326 g/mol. The molecule has 2 aliphatic carbocycles. The Morgan fingerprint density at radius 2 is 1.81 bits per heavy atom. The SMILES string of the molecule is CN1C(=O)c2nc(CC3CCCCC3)n(C)c2N2CC3(CCCC3)N=C12. The molecule has 2 fully saturated rings. The van der Waals surface area contributed by atoms with Gasteiger partial charge in [0.2, 0.25) is 5.96 Å². The molecular formula is C20H29N5O. The third-order valence-corrected chi connectivity index (χ3v) is 6.98. The lowest BCUT2D eigenvalue weighted by Gasteiger charge is -2.32. The lowest BCUT2D eigenvalue weighted by molar-refractivity contribution is 0.0860. The molecule has 0 N–H and O–H groups in total. The number of nitrogens with zero attached hydrogens (tertiary/aromatic N) is 5. The monoisotopic (exact) mass is 355 g/mol. The first kappa shape index (κ1) is 16.3. The van der Waals surface area contributed by atoms with Crippen molar-refractivity contribution in [1.29, 1.82) is 0 Å². The van der Waals surface area contributed by atoms with Gasteiger partial charge in [-0.05, 0) is 18.8 Å². The summed E-state index contributed by atoms with van der Waals surface area (Å²) in [7, 11) is 3.93. The first-order valence-electron chi connectivity index (χ1n) is 10.3. The van der Waals surface area contributed by atoms with Gasteiger partial charge in [-0.2, -0.15) is 0 Å². The molecule has 140 valence electrons. The van der Waals surface area contributed by atoms with Crippen LogP contribution in [0.2, 0.25) is 0 Å². The molecule has 0 unspecified atom stereocenters. The Kier molecular flexibility index (Phi) is 3.66. The van der Waals surface area contributed by atoms with Gasteiger partial charge in [0.1, 0.15) is 11.6 Å². The van der Waals surface area contributed by atoms with Gasteiger partial charge >= 0.3 is 0 Å². The fourth-order valence-electron chi connectivity index (χ4n) is 5.47. The van der Waals surface area contributed by atoms with Crippen LogP contribution in [0.5, 0.6) is 0 Å². The average molecular weight is 355 g/mol. The quantitative estimate of drug-likeness (QED) is 0.819. The minimum atomic E-state index is -0.00413. The molecule has 3 heterocycles. The van der Waals surface area contributed by atoms with E-state index in [1.54, 1.807) is 4.90 Å². The van der Waals surface area contributed by atoms with Crippen molar-refractivity contribution in [2.75, 3.05) is 18.5 Å². The van der Waals surface area contributed by atoms with Crippen LogP contribution in [0.15, 0.2) is 4.99 Å². The molecule has 1 spiro atoms. The minimum Gasteiger partial charge on any atom is -0.317 e. The molecule has 2 aliphatic heterocycles. The second kappa shape index (κ2) is 5.83. The zero-order chi connectivity index (χ0) is 17.9. The van der Waals surface area contributed by atoms with Crippen molar-refractivity contribution in [2.24, 2.45) is 18.0 Å². The summed E-state index contributed by atoms with van der Waals surface area (Å²) >= 11 is 0. The van der Waals surface area contributed by atoms with Crippen molar-refractivity contribution in [1.82, 2.24) is 14.5 Å². The molecule has 1 aromatic rings. The maximum atomic E-state index is 13.0. The number of carbonyl (C=O) groups is 1. The Balaban J connectivity index is 1.51. The zero-order valence-corrected chi connectivity index (χ0v) is 16.0. The van der Waals surface area contributed by atoms with E-state index < -0.39 is 0 Å². The van der Waals surface area contributed by atoms with Crippen LogP contribution in [0, 0.1) is 5.92 Å². The second-order valence-corrected chi connectivity index (χ2v) is 8.76. The summed E-state index contributed by atoms with van der Waals surface area (Å²) in [6, 6.07) is 0. The summed E-state index contributed by atoms with van der Waals surface area (Å²) in [4.78, 5) is 26.8. The number of anilines is 1. The van der Waals surface area contributed by atoms with Gasteiger partial charge in [-0.25, -0.2) is 9.98 Å². The summed E-state index contributed by atoms with van der Waals surface area (Å²) in [5.74, 6) is 3.58. The number of aliphatic imine (C=N–C) groups is 1. The molecule has 0 saturated heterocycles. The lowest BCUT2D eigenvalue weighted by atomic mass is 9.87. The summed E-state index contributed by atoms with van der Waals surface area (Å²) in [6.45, 7) is 0.898. The summed E-state index contributed by atoms with van der Waals surface area (Å²) in [6.07, 6.45) is 12.4. The highest BCUT2D eigenvalue weighted by Crippen LogP contribution is 2.42. The number of hydrogen-bond donors (Lipinski definition) is 0. The first-order valence-corrected chi connectivity index (χ1v) is 10.3. The molecule has 0 atom stereocenters. The number of fused-ring (bicyclic) bond motifs is 3. The van der Waals surface area contributed by atoms with Crippen LogP contribution in [-0.2, 0) is 13.5 Å². The van der Waals surface area contributed by atoms with Crippen LogP contribution in [0.25, 0.3) is 0 Å². The van der Waals surface area contributed by atoms with E-state index in [0.29, 0.717) is 11.6 Å². The van der Waals surface area contributed by atoms with E-state index >= 15 is 0 Å². The van der Waals surface area contributed by atoms with Crippen molar-refractivity contribution in [3.8, 4) is 0 Å².